The van der Waals surface area contributed by atoms with E-state index in [1.165, 1.54) is 29.5 Å². The Morgan fingerprint density at radius 2 is 2.10 bits per heavy atom. The standard InChI is InChI=1S/C15H28N2O2S/c1-4-8-12(2)16-9-6-5-7-10-17-14(18)11-13(20-3)15(17)19/h12-13,16H,4-11H2,1-3H3. The monoisotopic (exact) mass is 300 g/mol. The van der Waals surface area contributed by atoms with E-state index in [1.54, 1.807) is 0 Å². The predicted octanol–water partition coefficient (Wildman–Crippen LogP) is 2.43. The van der Waals surface area contributed by atoms with E-state index in [-0.39, 0.29) is 17.1 Å². The molecule has 1 saturated heterocycles. The maximum atomic E-state index is 11.9. The van der Waals surface area contributed by atoms with E-state index >= 15 is 0 Å². The van der Waals surface area contributed by atoms with Gasteiger partial charge >= 0.3 is 0 Å². The van der Waals surface area contributed by atoms with E-state index < -0.39 is 0 Å². The summed E-state index contributed by atoms with van der Waals surface area (Å²) < 4.78 is 0. The van der Waals surface area contributed by atoms with E-state index in [1.807, 2.05) is 6.26 Å². The Bertz CT molecular complexity index is 323. The molecular formula is C15H28N2O2S. The van der Waals surface area contributed by atoms with Gasteiger partial charge in [-0.2, -0.15) is 11.8 Å². The van der Waals surface area contributed by atoms with Crippen LogP contribution in [0.25, 0.3) is 0 Å². The highest BCUT2D eigenvalue weighted by atomic mass is 32.2. The third-order valence-electron chi connectivity index (χ3n) is 3.76. The first-order valence-corrected chi connectivity index (χ1v) is 8.99. The molecule has 0 saturated carbocycles. The molecule has 0 aromatic heterocycles. The number of amides is 2. The average Bonchev–Trinajstić information content (AvgIpc) is 2.69. The Labute approximate surface area is 127 Å². The van der Waals surface area contributed by atoms with Crippen molar-refractivity contribution in [1.29, 1.82) is 0 Å². The van der Waals surface area contributed by atoms with Crippen LogP contribution >= 0.6 is 11.8 Å². The summed E-state index contributed by atoms with van der Waals surface area (Å²) in [6, 6.07) is 0.587. The number of nitrogens with one attached hydrogen (secondary N) is 1. The third-order valence-corrected chi connectivity index (χ3v) is 4.70. The molecule has 0 bridgehead atoms. The van der Waals surface area contributed by atoms with Crippen LogP contribution in [0.4, 0.5) is 0 Å². The zero-order valence-electron chi connectivity index (χ0n) is 13.0. The Hall–Kier alpha value is -0.550. The van der Waals surface area contributed by atoms with Gasteiger partial charge < -0.3 is 5.32 Å². The molecule has 0 aromatic carbocycles. The summed E-state index contributed by atoms with van der Waals surface area (Å²) in [5, 5.41) is 3.36. The molecule has 1 fully saturated rings. The minimum absolute atomic E-state index is 0.00374. The maximum Gasteiger partial charge on any atom is 0.242 e. The number of hydrogen-bond acceptors (Lipinski definition) is 4. The molecule has 1 aliphatic rings. The van der Waals surface area contributed by atoms with Crippen molar-refractivity contribution in [2.75, 3.05) is 19.3 Å². The molecule has 2 unspecified atom stereocenters. The highest BCUT2D eigenvalue weighted by molar-refractivity contribution is 8.00. The Kier molecular flexibility index (Phi) is 8.22. The molecular weight excluding hydrogens is 272 g/mol. The van der Waals surface area contributed by atoms with Crippen molar-refractivity contribution < 1.29 is 9.59 Å². The Morgan fingerprint density at radius 1 is 1.35 bits per heavy atom. The van der Waals surface area contributed by atoms with Crippen molar-refractivity contribution in [2.24, 2.45) is 0 Å². The fourth-order valence-corrected chi connectivity index (χ4v) is 3.17. The van der Waals surface area contributed by atoms with Crippen molar-refractivity contribution in [3.63, 3.8) is 0 Å². The lowest BCUT2D eigenvalue weighted by Crippen LogP contribution is -2.32. The van der Waals surface area contributed by atoms with E-state index in [0.29, 0.717) is 19.0 Å². The maximum absolute atomic E-state index is 11.9. The Morgan fingerprint density at radius 3 is 2.70 bits per heavy atom. The van der Waals surface area contributed by atoms with Gasteiger partial charge in [0.1, 0.15) is 0 Å². The largest absolute Gasteiger partial charge is 0.314 e. The zero-order chi connectivity index (χ0) is 15.0. The van der Waals surface area contributed by atoms with Gasteiger partial charge in [-0.1, -0.05) is 19.8 Å². The van der Waals surface area contributed by atoms with Gasteiger partial charge in [0.2, 0.25) is 11.8 Å². The molecule has 0 aromatic rings. The lowest BCUT2D eigenvalue weighted by Gasteiger charge is -2.15. The second-order valence-electron chi connectivity index (χ2n) is 5.52. The van der Waals surface area contributed by atoms with Crippen molar-refractivity contribution in [2.45, 2.75) is 63.7 Å². The summed E-state index contributed by atoms with van der Waals surface area (Å²) in [5.74, 6) is 0.0150. The van der Waals surface area contributed by atoms with Gasteiger partial charge in [0.15, 0.2) is 0 Å². The molecule has 2 atom stereocenters. The summed E-state index contributed by atoms with van der Waals surface area (Å²) in [4.78, 5) is 25.1. The number of thioether (sulfide) groups is 1. The number of hydrogen-bond donors (Lipinski definition) is 1. The van der Waals surface area contributed by atoms with E-state index in [2.05, 4.69) is 19.2 Å². The molecule has 0 spiro atoms. The predicted molar refractivity (Wildman–Crippen MR) is 84.9 cm³/mol. The summed E-state index contributed by atoms with van der Waals surface area (Å²) >= 11 is 1.48. The van der Waals surface area contributed by atoms with Gasteiger partial charge in [-0.25, -0.2) is 0 Å². The van der Waals surface area contributed by atoms with Gasteiger partial charge in [0, 0.05) is 19.0 Å². The van der Waals surface area contributed by atoms with Crippen molar-refractivity contribution >= 4 is 23.6 Å². The molecule has 5 heteroatoms. The molecule has 0 radical (unpaired) electrons. The molecule has 0 aliphatic carbocycles. The zero-order valence-corrected chi connectivity index (χ0v) is 13.8. The van der Waals surface area contributed by atoms with Crippen LogP contribution in [0.1, 0.15) is 52.4 Å². The lowest BCUT2D eigenvalue weighted by molar-refractivity contribution is -0.138. The number of unbranched alkanes of at least 4 members (excludes halogenated alkanes) is 2. The molecule has 2 amide bonds. The van der Waals surface area contributed by atoms with Crippen LogP contribution in [-0.2, 0) is 9.59 Å². The quantitative estimate of drug-likeness (QED) is 0.497. The second kappa shape index (κ2) is 9.40. The van der Waals surface area contributed by atoms with E-state index in [0.717, 1.165) is 25.8 Å². The minimum atomic E-state index is -0.140. The smallest absolute Gasteiger partial charge is 0.242 e. The Balaban J connectivity index is 2.10. The topological polar surface area (TPSA) is 49.4 Å². The van der Waals surface area contributed by atoms with Crippen molar-refractivity contribution in [3.8, 4) is 0 Å². The summed E-state index contributed by atoms with van der Waals surface area (Å²) in [6.07, 6.45) is 7.79. The third kappa shape index (κ3) is 5.44. The van der Waals surface area contributed by atoms with Gasteiger partial charge in [-0.15, -0.1) is 0 Å². The van der Waals surface area contributed by atoms with Gasteiger partial charge in [0.05, 0.1) is 5.25 Å². The normalized spacial score (nSPS) is 20.8. The van der Waals surface area contributed by atoms with Crippen LogP contribution in [0.15, 0.2) is 0 Å². The van der Waals surface area contributed by atoms with Crippen LogP contribution in [-0.4, -0.2) is 47.4 Å². The second-order valence-corrected chi connectivity index (χ2v) is 6.56. The molecule has 1 rings (SSSR count). The highest BCUT2D eigenvalue weighted by Gasteiger charge is 2.37. The minimum Gasteiger partial charge on any atom is -0.314 e. The number of rotatable bonds is 10. The van der Waals surface area contributed by atoms with Crippen molar-refractivity contribution in [3.05, 3.63) is 0 Å². The van der Waals surface area contributed by atoms with Crippen LogP contribution in [0, 0.1) is 0 Å². The molecule has 1 N–H and O–H groups in total. The lowest BCUT2D eigenvalue weighted by atomic mass is 10.2. The first-order chi connectivity index (χ1) is 9.60. The fourth-order valence-electron chi connectivity index (χ4n) is 2.53. The van der Waals surface area contributed by atoms with Gasteiger partial charge in [-0.3, -0.25) is 14.5 Å². The molecule has 4 nitrogen and oxygen atoms in total. The summed E-state index contributed by atoms with van der Waals surface area (Å²) in [6.45, 7) is 6.04. The van der Waals surface area contributed by atoms with Gasteiger partial charge in [-0.05, 0) is 39.0 Å². The van der Waals surface area contributed by atoms with Crippen LogP contribution in [0.3, 0.4) is 0 Å². The number of nitrogens with zero attached hydrogens (tertiary/aromatic N) is 1. The van der Waals surface area contributed by atoms with E-state index in [9.17, 15) is 9.59 Å². The summed E-state index contributed by atoms with van der Waals surface area (Å²) in [5.41, 5.74) is 0. The first kappa shape index (κ1) is 17.5. The SMILES string of the molecule is CCCC(C)NCCCCCN1C(=O)CC(SC)C1=O. The van der Waals surface area contributed by atoms with Crippen LogP contribution in [0.5, 0.6) is 0 Å². The fraction of sp³-hybridized carbons (Fsp3) is 0.867. The molecule has 1 heterocycles. The molecule has 116 valence electrons. The first-order valence-electron chi connectivity index (χ1n) is 7.70. The number of likely N-dealkylation sites (tertiary alicyclic amines) is 1. The van der Waals surface area contributed by atoms with E-state index in [4.69, 9.17) is 0 Å². The molecule has 20 heavy (non-hydrogen) atoms. The number of imide groups is 1. The number of carbonyl (C=O) groups excluding carboxylic acids is 2. The molecule has 1 aliphatic heterocycles. The average molecular weight is 300 g/mol. The highest BCUT2D eigenvalue weighted by Crippen LogP contribution is 2.23. The van der Waals surface area contributed by atoms with Gasteiger partial charge in [0.25, 0.3) is 0 Å². The van der Waals surface area contributed by atoms with Crippen LogP contribution < -0.4 is 5.32 Å². The van der Waals surface area contributed by atoms with Crippen LogP contribution in [0.2, 0.25) is 0 Å². The number of carbonyl (C=O) groups is 2. The van der Waals surface area contributed by atoms with Crippen molar-refractivity contribution in [1.82, 2.24) is 10.2 Å². The summed E-state index contributed by atoms with van der Waals surface area (Å²) in [7, 11) is 0.